The lowest BCUT2D eigenvalue weighted by atomic mass is 9.98. The summed E-state index contributed by atoms with van der Waals surface area (Å²) in [6.45, 7) is 19.3. The summed E-state index contributed by atoms with van der Waals surface area (Å²) in [6.07, 6.45) is -0.0270. The van der Waals surface area contributed by atoms with Gasteiger partial charge < -0.3 is 42.0 Å². The number of carbonyl (C=O) groups excluding carboxylic acids is 8. The second kappa shape index (κ2) is 24.2. The summed E-state index contributed by atoms with van der Waals surface area (Å²) in [5, 5.41) is 18.9. The molecule has 16 heteroatoms. The van der Waals surface area contributed by atoms with Crippen LogP contribution in [-0.2, 0) is 49.5 Å². The van der Waals surface area contributed by atoms with Crippen LogP contribution < -0.4 is 37.2 Å². The lowest BCUT2D eigenvalue weighted by molar-refractivity contribution is -0.155. The second-order valence-corrected chi connectivity index (χ2v) is 17.4. The predicted octanol–water partition coefficient (Wildman–Crippen LogP) is 2.18. The van der Waals surface area contributed by atoms with Crippen molar-refractivity contribution in [2.24, 2.45) is 23.7 Å². The Labute approximate surface area is 349 Å². The number of amides is 7. The van der Waals surface area contributed by atoms with Crippen LogP contribution in [0.2, 0.25) is 0 Å². The van der Waals surface area contributed by atoms with Crippen LogP contribution >= 0.6 is 0 Å². The van der Waals surface area contributed by atoms with E-state index >= 15 is 0 Å². The summed E-state index contributed by atoms with van der Waals surface area (Å²) in [5.41, 5.74) is 0.707. The molecular weight excluding hydrogens is 759 g/mol. The molecule has 0 aromatic heterocycles. The van der Waals surface area contributed by atoms with Crippen LogP contribution in [0.3, 0.4) is 0 Å². The average molecular weight is 828 g/mol. The molecule has 8 atom stereocenters. The first-order valence-corrected chi connectivity index (χ1v) is 20.9. The van der Waals surface area contributed by atoms with Crippen molar-refractivity contribution in [1.29, 1.82) is 0 Å². The summed E-state index contributed by atoms with van der Waals surface area (Å²) in [5.74, 6) is -5.60. The van der Waals surface area contributed by atoms with E-state index in [9.17, 15) is 38.4 Å². The van der Waals surface area contributed by atoms with Crippen LogP contribution in [0, 0.1) is 23.7 Å². The lowest BCUT2D eigenvalue weighted by Crippen LogP contribution is -2.61. The Balaban J connectivity index is 2.66. The first-order chi connectivity index (χ1) is 27.6. The third kappa shape index (κ3) is 17.8. The molecule has 8 unspecified atom stereocenters. The Morgan fingerprint density at radius 1 is 0.559 bits per heavy atom. The highest BCUT2D eigenvalue weighted by molar-refractivity contribution is 5.97. The Hall–Kier alpha value is -5.02. The van der Waals surface area contributed by atoms with Gasteiger partial charge in [0.1, 0.15) is 48.4 Å². The molecule has 1 aromatic carbocycles. The molecule has 1 fully saturated rings. The number of carbonyl (C=O) groups is 8. The molecule has 1 aliphatic heterocycles. The van der Waals surface area contributed by atoms with E-state index < -0.39 is 95.7 Å². The van der Waals surface area contributed by atoms with Crippen LogP contribution in [0.15, 0.2) is 30.3 Å². The number of cyclic esters (lactones) is 1. The first kappa shape index (κ1) is 50.1. The fraction of sp³-hybridized carbons (Fsp3) is 0.674. The Bertz CT molecular complexity index is 1600. The van der Waals surface area contributed by atoms with E-state index in [1.165, 1.54) is 20.8 Å². The Morgan fingerprint density at radius 3 is 1.44 bits per heavy atom. The molecule has 0 spiro atoms. The van der Waals surface area contributed by atoms with Gasteiger partial charge in [-0.3, -0.25) is 33.6 Å². The van der Waals surface area contributed by atoms with Gasteiger partial charge in [-0.25, -0.2) is 4.79 Å². The number of hydrogen-bond acceptors (Lipinski definition) is 9. The van der Waals surface area contributed by atoms with Crippen molar-refractivity contribution < 1.29 is 43.1 Å². The third-order valence-electron chi connectivity index (χ3n) is 9.72. The average Bonchev–Trinajstić information content (AvgIpc) is 3.14. The summed E-state index contributed by atoms with van der Waals surface area (Å²) in [6, 6.07) is 0.483. The van der Waals surface area contributed by atoms with Crippen molar-refractivity contribution >= 4 is 47.3 Å². The van der Waals surface area contributed by atoms with E-state index in [1.807, 2.05) is 55.4 Å². The molecule has 7 amide bonds. The van der Waals surface area contributed by atoms with Crippen LogP contribution in [-0.4, -0.2) is 95.7 Å². The summed E-state index contributed by atoms with van der Waals surface area (Å²) < 4.78 is 5.62. The summed E-state index contributed by atoms with van der Waals surface area (Å²) in [7, 11) is 0. The SMILES string of the molecule is CC(C)CCC(=O)NC1C(=O)NC(C)C(=O)NC(Cc2ccccc2)C(=O)NC(CC(C)C)C(=O)NC(CC(C)C)C(=O)NC(CC(C)C)C(=O)NC(C)C(=O)OC1C. The van der Waals surface area contributed by atoms with Crippen LogP contribution in [0.4, 0.5) is 0 Å². The Morgan fingerprint density at radius 2 is 0.983 bits per heavy atom. The highest BCUT2D eigenvalue weighted by Gasteiger charge is 2.36. The molecule has 330 valence electrons. The minimum Gasteiger partial charge on any atom is -0.458 e. The highest BCUT2D eigenvalue weighted by Crippen LogP contribution is 2.14. The zero-order valence-corrected chi connectivity index (χ0v) is 36.7. The van der Waals surface area contributed by atoms with Crippen LogP contribution in [0.1, 0.15) is 114 Å². The molecule has 59 heavy (non-hydrogen) atoms. The zero-order valence-electron chi connectivity index (χ0n) is 36.7. The molecule has 1 aromatic rings. The van der Waals surface area contributed by atoms with E-state index in [-0.39, 0.29) is 55.8 Å². The minimum atomic E-state index is -1.45. The molecule has 0 radical (unpaired) electrons. The normalized spacial score (nSPS) is 26.1. The van der Waals surface area contributed by atoms with Gasteiger partial charge in [0.15, 0.2) is 0 Å². The zero-order chi connectivity index (χ0) is 44.6. The highest BCUT2D eigenvalue weighted by atomic mass is 16.5. The number of nitrogens with one attached hydrogen (secondary N) is 7. The largest absolute Gasteiger partial charge is 0.458 e. The molecule has 1 aliphatic rings. The Kier molecular flexibility index (Phi) is 20.5. The molecular formula is C43H69N7O9. The van der Waals surface area contributed by atoms with Gasteiger partial charge in [0, 0.05) is 12.8 Å². The van der Waals surface area contributed by atoms with Crippen molar-refractivity contribution in [2.75, 3.05) is 0 Å². The van der Waals surface area contributed by atoms with Gasteiger partial charge in [0.2, 0.25) is 41.4 Å². The number of esters is 1. The quantitative estimate of drug-likeness (QED) is 0.153. The van der Waals surface area contributed by atoms with Gasteiger partial charge >= 0.3 is 5.97 Å². The van der Waals surface area contributed by atoms with Gasteiger partial charge in [0.25, 0.3) is 0 Å². The molecule has 1 saturated heterocycles. The van der Waals surface area contributed by atoms with Gasteiger partial charge in [-0.15, -0.1) is 0 Å². The van der Waals surface area contributed by atoms with E-state index in [4.69, 9.17) is 4.74 Å². The molecule has 16 nitrogen and oxygen atoms in total. The molecule has 0 saturated carbocycles. The number of ether oxygens (including phenoxy) is 1. The van der Waals surface area contributed by atoms with Crippen molar-refractivity contribution in [3.8, 4) is 0 Å². The third-order valence-corrected chi connectivity index (χ3v) is 9.72. The van der Waals surface area contributed by atoms with Crippen LogP contribution in [0.5, 0.6) is 0 Å². The summed E-state index contributed by atoms with van der Waals surface area (Å²) in [4.78, 5) is 110. The lowest BCUT2D eigenvalue weighted by Gasteiger charge is -2.30. The smallest absolute Gasteiger partial charge is 0.328 e. The molecule has 2 rings (SSSR count). The van der Waals surface area contributed by atoms with Gasteiger partial charge in [-0.05, 0) is 75.7 Å². The number of benzene rings is 1. The van der Waals surface area contributed by atoms with E-state index in [1.54, 1.807) is 30.3 Å². The van der Waals surface area contributed by atoms with Crippen molar-refractivity contribution in [3.63, 3.8) is 0 Å². The number of rotatable bonds is 12. The number of hydrogen-bond donors (Lipinski definition) is 7. The fourth-order valence-corrected chi connectivity index (χ4v) is 6.44. The fourth-order valence-electron chi connectivity index (χ4n) is 6.44. The topological polar surface area (TPSA) is 230 Å². The molecule has 1 heterocycles. The minimum absolute atomic E-state index is 0.0342. The first-order valence-electron chi connectivity index (χ1n) is 20.9. The van der Waals surface area contributed by atoms with Gasteiger partial charge in [-0.2, -0.15) is 0 Å². The van der Waals surface area contributed by atoms with Gasteiger partial charge in [0.05, 0.1) is 0 Å². The van der Waals surface area contributed by atoms with Gasteiger partial charge in [-0.1, -0.05) is 85.7 Å². The van der Waals surface area contributed by atoms with Crippen molar-refractivity contribution in [1.82, 2.24) is 37.2 Å². The van der Waals surface area contributed by atoms with Crippen molar-refractivity contribution in [2.45, 2.75) is 163 Å². The maximum Gasteiger partial charge on any atom is 0.328 e. The van der Waals surface area contributed by atoms with E-state index in [2.05, 4.69) is 37.2 Å². The maximum absolute atomic E-state index is 14.1. The predicted molar refractivity (Wildman–Crippen MR) is 223 cm³/mol. The summed E-state index contributed by atoms with van der Waals surface area (Å²) >= 11 is 0. The molecule has 0 aliphatic carbocycles. The molecule has 0 bridgehead atoms. The standard InChI is InChI=1S/C43H69N7O9/c1-23(2)17-18-35(51)50-36-29(11)59-43(58)28(10)45-38(53)31(19-24(3)4)47-39(54)32(20-25(5)6)48-40(55)33(21-26(7)8)49-41(56)34(22-30-15-13-12-14-16-30)46-37(52)27(9)44-42(36)57/h12-16,23-29,31-34,36H,17-22H2,1-11H3,(H,44,57)(H,45,53)(H,46,52)(H,47,54)(H,48,55)(H,49,56)(H,50,51). The van der Waals surface area contributed by atoms with Crippen LogP contribution in [0.25, 0.3) is 0 Å². The van der Waals surface area contributed by atoms with Crippen molar-refractivity contribution in [3.05, 3.63) is 35.9 Å². The maximum atomic E-state index is 14.1. The second-order valence-electron chi connectivity index (χ2n) is 17.4. The molecule has 7 N–H and O–H groups in total. The monoisotopic (exact) mass is 828 g/mol. The van der Waals surface area contributed by atoms with E-state index in [0.29, 0.717) is 12.0 Å². The van der Waals surface area contributed by atoms with E-state index in [0.717, 1.165) is 0 Å².